The third kappa shape index (κ3) is 14.6. The van der Waals surface area contributed by atoms with Gasteiger partial charge in [-0.25, -0.2) is 63.1 Å². The quantitative estimate of drug-likeness (QED) is 0.0645. The predicted octanol–water partition coefficient (Wildman–Crippen LogP) is 4.72. The van der Waals surface area contributed by atoms with E-state index in [0.717, 1.165) is 33.7 Å². The molecule has 0 spiro atoms. The number of aliphatic hydroxyl groups is 3. The van der Waals surface area contributed by atoms with Crippen molar-refractivity contribution in [3.8, 4) is 0 Å². The Morgan fingerprint density at radius 1 is 0.511 bits per heavy atom. The van der Waals surface area contributed by atoms with Gasteiger partial charge in [-0.1, -0.05) is 71.0 Å². The summed E-state index contributed by atoms with van der Waals surface area (Å²) in [6, 6.07) is 17.9. The monoisotopic (exact) mass is 1340 g/mol. The van der Waals surface area contributed by atoms with Crippen LogP contribution in [-0.4, -0.2) is 158 Å². The van der Waals surface area contributed by atoms with E-state index in [1.54, 1.807) is 57.2 Å². The van der Waals surface area contributed by atoms with Crippen LogP contribution in [0.25, 0.3) is 0 Å². The van der Waals surface area contributed by atoms with E-state index in [1.807, 2.05) is 9.97 Å². The summed E-state index contributed by atoms with van der Waals surface area (Å²) < 4.78 is 163. The lowest BCUT2D eigenvalue weighted by Crippen LogP contribution is -2.47. The van der Waals surface area contributed by atoms with E-state index < -0.39 is 205 Å². The van der Waals surface area contributed by atoms with E-state index in [-0.39, 0.29) is 17.5 Å². The lowest BCUT2D eigenvalue weighted by Gasteiger charge is -2.28. The minimum Gasteiger partial charge on any atom is -0.393 e. The maximum absolute atomic E-state index is 14.7. The van der Waals surface area contributed by atoms with Crippen LogP contribution in [0.5, 0.6) is 0 Å². The van der Waals surface area contributed by atoms with E-state index in [0.29, 0.717) is 27.9 Å². The molecule has 512 valence electrons. The first-order valence-electron chi connectivity index (χ1n) is 28.9. The highest BCUT2D eigenvalue weighted by atomic mass is 19.2. The number of carbonyl (C=O) groups excluding carboxylic acids is 2. The van der Waals surface area contributed by atoms with Gasteiger partial charge >= 0.3 is 22.8 Å². The lowest BCUT2D eigenvalue weighted by atomic mass is 9.86. The predicted molar refractivity (Wildman–Crippen MR) is 311 cm³/mol. The largest absolute Gasteiger partial charge is 0.393 e. The fourth-order valence-electron chi connectivity index (χ4n) is 10.7. The molecule has 0 radical (unpaired) electrons. The van der Waals surface area contributed by atoms with E-state index in [2.05, 4.69) is 20.6 Å². The number of amides is 2. The molecule has 2 aromatic carbocycles. The number of aromatic amines is 2. The number of H-pyrrole nitrogens is 2. The second-order valence-corrected chi connectivity index (χ2v) is 22.4. The summed E-state index contributed by atoms with van der Waals surface area (Å²) in [6.07, 6.45) is -11.3. The molecule has 4 fully saturated rings. The molecule has 25 nitrogen and oxygen atoms in total. The van der Waals surface area contributed by atoms with Gasteiger partial charge in [0.15, 0.2) is 78.5 Å². The number of aromatic nitrogens is 8. The Morgan fingerprint density at radius 3 is 1.13 bits per heavy atom. The number of carbonyl (C=O) groups is 2. The Kier molecular flexibility index (Phi) is 23.5. The molecule has 6 aromatic rings. The van der Waals surface area contributed by atoms with Gasteiger partial charge in [-0.05, 0) is 37.1 Å². The number of benzene rings is 2. The number of nitrogens with one attached hydrogen (secondary N) is 4. The number of aliphatic hydroxyl groups excluding tert-OH is 3. The van der Waals surface area contributed by atoms with Crippen LogP contribution in [0.4, 0.5) is 55.5 Å². The molecule has 2 amide bonds. The van der Waals surface area contributed by atoms with Crippen molar-refractivity contribution < 1.29 is 87.8 Å². The van der Waals surface area contributed by atoms with Crippen LogP contribution >= 0.6 is 0 Å². The van der Waals surface area contributed by atoms with Gasteiger partial charge < -0.3 is 44.9 Å². The van der Waals surface area contributed by atoms with Crippen molar-refractivity contribution in [3.05, 3.63) is 183 Å². The summed E-state index contributed by atoms with van der Waals surface area (Å²) in [7, 11) is 0. The smallest absolute Gasteiger partial charge is 0.351 e. The van der Waals surface area contributed by atoms with Crippen molar-refractivity contribution >= 4 is 23.5 Å². The number of ether oxygens (including phenoxy) is 4. The van der Waals surface area contributed by atoms with Crippen LogP contribution in [-0.2, 0) is 18.9 Å². The van der Waals surface area contributed by atoms with Crippen molar-refractivity contribution in [2.75, 3.05) is 50.5 Å². The summed E-state index contributed by atoms with van der Waals surface area (Å²) in [5.74, 6) is -7.31. The highest BCUT2D eigenvalue weighted by Gasteiger charge is 2.58. The molecule has 8 heterocycles. The standard InChI is InChI=1S/C19H20F3N3O3.C17H16F3N3O5.C12H16F2N2O3.C11H14F2N2O4/c1-3-19(10-20)11(2)14(22)17(28-19)25-9-13(21)15(24-18(25)27)23-16(26)12-7-5-4-6-8-12;18-7-17(8-24)12(25)11(20)15(28-17)23-6-10(19)13(22-16(23)27)21-14(26)9-4-2-1-3-5-9;1-3-12(6-13)7(2)9(14)10(19-12)16-5-4-8(17)15-11(16)18;1-6-8(13)9(19-11(6,4-12)5-16)15-3-2-7(17)14-10(15)18/h4-9,11,14,17H,3,10H2,1-2H3,(H,23,24,26,27);1-6,11-12,15,24-25H,7-8H2,(H,21,22,26,27);4-5,7,9-10H,3,6H2,1-2H3,(H,15,17,18);2-3,6,8-9,16H,4-5H2,1H3,(H,14,17,18)/t11-,14+,17+,19-;11-,12+,15-,17-;7-,9+,10+,12-;6-,8+,9+,11+/m0100/s1. The molecule has 10 rings (SSSR count). The van der Waals surface area contributed by atoms with Gasteiger partial charge in [0.1, 0.15) is 49.6 Å². The molecule has 16 atom stereocenters. The molecule has 4 saturated heterocycles. The zero-order chi connectivity index (χ0) is 69.4. The van der Waals surface area contributed by atoms with Crippen molar-refractivity contribution in [2.24, 2.45) is 17.8 Å². The van der Waals surface area contributed by atoms with E-state index in [9.17, 15) is 97.6 Å². The van der Waals surface area contributed by atoms with Crippen LogP contribution < -0.4 is 44.5 Å². The number of nitrogens with zero attached hydrogens (tertiary/aromatic N) is 6. The van der Waals surface area contributed by atoms with E-state index in [4.69, 9.17) is 18.9 Å². The average molecular weight is 1350 g/mol. The van der Waals surface area contributed by atoms with Gasteiger partial charge in [-0.2, -0.15) is 9.97 Å². The Labute approximate surface area is 525 Å². The zero-order valence-electron chi connectivity index (χ0n) is 50.5. The summed E-state index contributed by atoms with van der Waals surface area (Å²) >= 11 is 0. The van der Waals surface area contributed by atoms with Crippen LogP contribution in [0, 0.1) is 29.4 Å². The molecule has 0 saturated carbocycles. The first-order chi connectivity index (χ1) is 44.5. The average Bonchev–Trinajstić information content (AvgIpc) is 1.63. The van der Waals surface area contributed by atoms with Crippen LogP contribution in [0.1, 0.15) is 93.1 Å². The van der Waals surface area contributed by atoms with Gasteiger partial charge in [-0.3, -0.25) is 47.4 Å². The first-order valence-corrected chi connectivity index (χ1v) is 28.9. The lowest BCUT2D eigenvalue weighted by molar-refractivity contribution is -0.138. The second-order valence-electron chi connectivity index (χ2n) is 22.4. The summed E-state index contributed by atoms with van der Waals surface area (Å²) in [4.78, 5) is 105. The third-order valence-electron chi connectivity index (χ3n) is 17.1. The second kappa shape index (κ2) is 30.3. The van der Waals surface area contributed by atoms with Crippen molar-refractivity contribution in [3.63, 3.8) is 0 Å². The fraction of sp³-hybridized carbons (Fsp3) is 0.492. The molecular weight excluding hydrogens is 1280 g/mol. The highest BCUT2D eigenvalue weighted by molar-refractivity contribution is 6.04. The van der Waals surface area contributed by atoms with Crippen molar-refractivity contribution in [1.29, 1.82) is 0 Å². The maximum atomic E-state index is 14.7. The SMILES string of the molecule is CC[C@@]1(CF)O[C@@H](n2cc(F)c(NC(=O)c3ccccc3)nc2=O)[C@H](F)[C@@H]1C.CC[C@@]1(CF)O[C@@H](n2ccc(=O)[nH]c2=O)[C@H](F)[C@@H]1C.C[C@H]1[C@@H](F)[C@H](n2ccc(=O)[nH]c2=O)O[C@@]1(CO)CF.O=C(Nc1nc(=O)n([C@@H]2O[C@@](CO)(CF)[C@@H](O)[C@H]2F)cc1F)c1ccccc1. The van der Waals surface area contributed by atoms with Gasteiger partial charge in [0, 0.05) is 53.4 Å². The third-order valence-corrected chi connectivity index (χ3v) is 17.1. The van der Waals surface area contributed by atoms with Gasteiger partial charge in [0.2, 0.25) is 0 Å². The van der Waals surface area contributed by atoms with Crippen LogP contribution in [0.15, 0.2) is 126 Å². The number of alkyl halides is 8. The van der Waals surface area contributed by atoms with Gasteiger partial charge in [-0.15, -0.1) is 0 Å². The van der Waals surface area contributed by atoms with Gasteiger partial charge in [0.05, 0.1) is 25.6 Å². The van der Waals surface area contributed by atoms with E-state index >= 15 is 0 Å². The number of hydrogen-bond donors (Lipinski definition) is 7. The zero-order valence-corrected chi connectivity index (χ0v) is 50.5. The summed E-state index contributed by atoms with van der Waals surface area (Å²) in [5, 5.41) is 32.6. The number of rotatable bonds is 16. The summed E-state index contributed by atoms with van der Waals surface area (Å²) in [5.41, 5.74) is -11.2. The first kappa shape index (κ1) is 72.9. The van der Waals surface area contributed by atoms with Crippen LogP contribution in [0.3, 0.4) is 0 Å². The molecule has 4 aliphatic heterocycles. The minimum atomic E-state index is -2.33. The topological polar surface area (TPSA) is 335 Å². The molecule has 0 aliphatic carbocycles. The summed E-state index contributed by atoms with van der Waals surface area (Å²) in [6.45, 7) is 1.79. The molecule has 0 unspecified atom stereocenters. The molecule has 94 heavy (non-hydrogen) atoms. The fourth-order valence-corrected chi connectivity index (χ4v) is 10.7. The molecular formula is C59H66F10N10O15. The van der Waals surface area contributed by atoms with Crippen molar-refractivity contribution in [2.45, 2.75) is 126 Å². The Balaban J connectivity index is 0.000000180. The number of anilines is 2. The molecule has 0 bridgehead atoms. The number of halogens is 10. The number of hydrogen-bond acceptors (Lipinski definition) is 17. The Morgan fingerprint density at radius 2 is 0.830 bits per heavy atom. The Bertz CT molecular complexity index is 3710. The minimum absolute atomic E-state index is 0.189. The van der Waals surface area contributed by atoms with Crippen LogP contribution in [0.2, 0.25) is 0 Å². The van der Waals surface area contributed by atoms with Gasteiger partial charge in [0.25, 0.3) is 22.9 Å². The Hall–Kier alpha value is -8.48. The molecule has 35 heteroatoms. The van der Waals surface area contributed by atoms with Crippen molar-refractivity contribution in [1.82, 2.24) is 38.2 Å². The van der Waals surface area contributed by atoms with E-state index in [1.165, 1.54) is 38.1 Å². The highest BCUT2D eigenvalue weighted by Crippen LogP contribution is 2.47. The normalized spacial score (nSPS) is 30.1. The molecule has 4 aliphatic rings. The molecule has 7 N–H and O–H groups in total. The maximum Gasteiger partial charge on any atom is 0.351 e. The molecule has 4 aromatic heterocycles.